The Morgan fingerprint density at radius 1 is 1.40 bits per heavy atom. The minimum absolute atomic E-state index is 0.232. The van der Waals surface area contributed by atoms with Gasteiger partial charge in [0.2, 0.25) is 5.91 Å². The highest BCUT2D eigenvalue weighted by Crippen LogP contribution is 2.25. The summed E-state index contributed by atoms with van der Waals surface area (Å²) in [6, 6.07) is 8.33. The molecule has 0 radical (unpaired) electrons. The number of primary amides is 1. The van der Waals surface area contributed by atoms with Gasteiger partial charge in [-0.05, 0) is 36.5 Å². The lowest BCUT2D eigenvalue weighted by Crippen LogP contribution is -2.35. The fourth-order valence-corrected chi connectivity index (χ4v) is 1.73. The number of hydrogen-bond acceptors (Lipinski definition) is 4. The zero-order valence-electron chi connectivity index (χ0n) is 11.1. The Kier molecular flexibility index (Phi) is 3.27. The highest BCUT2D eigenvalue weighted by atomic mass is 16.6. The number of aromatic nitrogens is 2. The second-order valence-corrected chi connectivity index (χ2v) is 4.92. The maximum Gasteiger partial charge on any atom is 0.390 e. The molecule has 2 rings (SSSR count). The number of nitrogens with two attached hydrogens (primary N) is 1. The van der Waals surface area contributed by atoms with Crippen molar-refractivity contribution in [3.8, 4) is 5.69 Å². The summed E-state index contributed by atoms with van der Waals surface area (Å²) in [7, 11) is 0. The Morgan fingerprint density at radius 3 is 2.65 bits per heavy atom. The first kappa shape index (κ1) is 13.7. The van der Waals surface area contributed by atoms with Crippen molar-refractivity contribution in [2.45, 2.75) is 19.3 Å². The minimum Gasteiger partial charge on any atom is -0.369 e. The van der Waals surface area contributed by atoms with E-state index in [0.29, 0.717) is 5.69 Å². The normalized spacial score (nSPS) is 11.3. The number of nitro groups is 1. The van der Waals surface area contributed by atoms with Crippen LogP contribution >= 0.6 is 0 Å². The van der Waals surface area contributed by atoms with Gasteiger partial charge in [-0.15, -0.1) is 4.68 Å². The fraction of sp³-hybridized carbons (Fsp3) is 0.231. The van der Waals surface area contributed by atoms with Gasteiger partial charge in [0, 0.05) is 0 Å². The van der Waals surface area contributed by atoms with Gasteiger partial charge in [0.15, 0.2) is 0 Å². The molecule has 2 N–H and O–H groups in total. The molecule has 20 heavy (non-hydrogen) atoms. The molecule has 0 spiro atoms. The Morgan fingerprint density at radius 2 is 2.10 bits per heavy atom. The van der Waals surface area contributed by atoms with Crippen molar-refractivity contribution < 1.29 is 9.72 Å². The molecule has 0 atom stereocenters. The van der Waals surface area contributed by atoms with Crippen molar-refractivity contribution in [3.05, 3.63) is 52.2 Å². The van der Waals surface area contributed by atoms with Gasteiger partial charge in [-0.25, -0.2) is 0 Å². The molecule has 104 valence electrons. The van der Waals surface area contributed by atoms with Gasteiger partial charge < -0.3 is 15.8 Å². The van der Waals surface area contributed by atoms with Gasteiger partial charge in [0.05, 0.1) is 28.5 Å². The molecule has 0 fully saturated rings. The van der Waals surface area contributed by atoms with E-state index in [1.54, 1.807) is 38.1 Å². The molecule has 1 aromatic carbocycles. The molecule has 0 bridgehead atoms. The lowest BCUT2D eigenvalue weighted by atomic mass is 9.84. The lowest BCUT2D eigenvalue weighted by Gasteiger charge is -2.21. The number of amides is 1. The van der Waals surface area contributed by atoms with Crippen LogP contribution in [0.1, 0.15) is 19.4 Å². The van der Waals surface area contributed by atoms with Gasteiger partial charge >= 0.3 is 5.82 Å². The van der Waals surface area contributed by atoms with Crippen LogP contribution in [0.25, 0.3) is 5.69 Å². The monoisotopic (exact) mass is 274 g/mol. The first-order chi connectivity index (χ1) is 9.32. The van der Waals surface area contributed by atoms with Crippen LogP contribution in [-0.4, -0.2) is 20.6 Å². The largest absolute Gasteiger partial charge is 0.390 e. The minimum atomic E-state index is -0.824. The average Bonchev–Trinajstić information content (AvgIpc) is 2.88. The predicted molar refractivity (Wildman–Crippen MR) is 72.4 cm³/mol. The molecule has 1 aromatic heterocycles. The second kappa shape index (κ2) is 4.76. The summed E-state index contributed by atoms with van der Waals surface area (Å²) in [6.07, 6.45) is 1.49. The van der Waals surface area contributed by atoms with Crippen molar-refractivity contribution in [1.82, 2.24) is 9.78 Å². The number of carbonyl (C=O) groups is 1. The van der Waals surface area contributed by atoms with E-state index in [-0.39, 0.29) is 5.82 Å². The number of hydrogen-bond donors (Lipinski definition) is 1. The van der Waals surface area contributed by atoms with Crippen molar-refractivity contribution in [2.24, 2.45) is 5.73 Å². The summed E-state index contributed by atoms with van der Waals surface area (Å²) in [5.74, 6) is -0.675. The molecule has 0 unspecified atom stereocenters. The standard InChI is InChI=1S/C13H14N4O3/c1-13(2,12(14)18)9-4-3-5-10(8-9)16-7-6-11(15-16)17(19)20/h3-8H,1-2H3,(H2,14,18). The maximum absolute atomic E-state index is 11.5. The molecule has 7 nitrogen and oxygen atoms in total. The Balaban J connectivity index is 2.44. The molecule has 2 aromatic rings. The van der Waals surface area contributed by atoms with Gasteiger partial charge in [0.25, 0.3) is 0 Å². The van der Waals surface area contributed by atoms with E-state index >= 15 is 0 Å². The lowest BCUT2D eigenvalue weighted by molar-refractivity contribution is -0.389. The Hall–Kier alpha value is -2.70. The van der Waals surface area contributed by atoms with Crippen LogP contribution < -0.4 is 5.73 Å². The third-order valence-electron chi connectivity index (χ3n) is 3.21. The molecule has 0 aliphatic heterocycles. The van der Waals surface area contributed by atoms with Gasteiger partial charge in [-0.1, -0.05) is 12.1 Å². The van der Waals surface area contributed by atoms with Gasteiger partial charge in [-0.3, -0.25) is 4.79 Å². The Bertz CT molecular complexity index is 676. The third-order valence-corrected chi connectivity index (χ3v) is 3.21. The summed E-state index contributed by atoms with van der Waals surface area (Å²) < 4.78 is 1.39. The Labute approximate surface area is 115 Å². The molecular formula is C13H14N4O3. The molecule has 7 heteroatoms. The molecule has 0 saturated heterocycles. The van der Waals surface area contributed by atoms with Crippen LogP contribution in [0, 0.1) is 10.1 Å². The summed E-state index contributed by atoms with van der Waals surface area (Å²) >= 11 is 0. The van der Waals surface area contributed by atoms with E-state index < -0.39 is 16.2 Å². The molecule has 0 aliphatic carbocycles. The van der Waals surface area contributed by atoms with Crippen LogP contribution in [0.3, 0.4) is 0 Å². The molecule has 1 heterocycles. The van der Waals surface area contributed by atoms with E-state index in [1.165, 1.54) is 16.9 Å². The smallest absolute Gasteiger partial charge is 0.369 e. The SMILES string of the molecule is CC(C)(C(N)=O)c1cccc(-n2ccc([N+](=O)[O-])n2)c1. The van der Waals surface area contributed by atoms with Crippen molar-refractivity contribution in [1.29, 1.82) is 0 Å². The van der Waals surface area contributed by atoms with Gasteiger partial charge in [-0.2, -0.15) is 0 Å². The van der Waals surface area contributed by atoms with Gasteiger partial charge in [0.1, 0.15) is 0 Å². The summed E-state index contributed by atoms with van der Waals surface area (Å²) in [4.78, 5) is 21.5. The summed E-state index contributed by atoms with van der Waals surface area (Å²) in [6.45, 7) is 3.44. The summed E-state index contributed by atoms with van der Waals surface area (Å²) in [5, 5.41) is 14.5. The second-order valence-electron chi connectivity index (χ2n) is 4.92. The number of carbonyl (C=O) groups excluding carboxylic acids is 1. The molecule has 1 amide bonds. The number of rotatable bonds is 4. The molecule has 0 saturated carbocycles. The van der Waals surface area contributed by atoms with Crippen molar-refractivity contribution >= 4 is 11.7 Å². The van der Waals surface area contributed by atoms with Crippen molar-refractivity contribution in [3.63, 3.8) is 0 Å². The van der Waals surface area contributed by atoms with E-state index in [9.17, 15) is 14.9 Å². The third kappa shape index (κ3) is 2.37. The topological polar surface area (TPSA) is 104 Å². The fourth-order valence-electron chi connectivity index (χ4n) is 1.73. The maximum atomic E-state index is 11.5. The molecule has 0 aliphatic rings. The van der Waals surface area contributed by atoms with Crippen LogP contribution in [0.5, 0.6) is 0 Å². The van der Waals surface area contributed by atoms with E-state index in [4.69, 9.17) is 5.73 Å². The number of nitrogens with zero attached hydrogens (tertiary/aromatic N) is 3. The van der Waals surface area contributed by atoms with Crippen molar-refractivity contribution in [2.75, 3.05) is 0 Å². The van der Waals surface area contributed by atoms with Crippen LogP contribution in [0.2, 0.25) is 0 Å². The van der Waals surface area contributed by atoms with Crippen LogP contribution in [-0.2, 0) is 10.2 Å². The zero-order valence-corrected chi connectivity index (χ0v) is 11.1. The number of benzene rings is 1. The quantitative estimate of drug-likeness (QED) is 0.674. The predicted octanol–water partition coefficient (Wildman–Crippen LogP) is 1.54. The summed E-state index contributed by atoms with van der Waals surface area (Å²) in [5.41, 5.74) is 5.91. The van der Waals surface area contributed by atoms with E-state index in [1.807, 2.05) is 0 Å². The highest BCUT2D eigenvalue weighted by molar-refractivity contribution is 5.85. The molecular weight excluding hydrogens is 260 g/mol. The van der Waals surface area contributed by atoms with Crippen LogP contribution in [0.4, 0.5) is 5.82 Å². The van der Waals surface area contributed by atoms with Crippen LogP contribution in [0.15, 0.2) is 36.5 Å². The first-order valence-electron chi connectivity index (χ1n) is 5.93. The zero-order chi connectivity index (χ0) is 14.9. The highest BCUT2D eigenvalue weighted by Gasteiger charge is 2.27. The van der Waals surface area contributed by atoms with E-state index in [2.05, 4.69) is 5.10 Å². The average molecular weight is 274 g/mol. The first-order valence-corrected chi connectivity index (χ1v) is 5.93. The van der Waals surface area contributed by atoms with E-state index in [0.717, 1.165) is 5.56 Å².